The highest BCUT2D eigenvalue weighted by atomic mass is 15.0. The average Bonchev–Trinajstić information content (AvgIpc) is 2.54. The Balaban J connectivity index is 2.16. The Labute approximate surface area is 121 Å². The maximum Gasteiger partial charge on any atom is 0.171 e. The summed E-state index contributed by atoms with van der Waals surface area (Å²) in [6.45, 7) is 0.463. The van der Waals surface area contributed by atoms with Crippen LogP contribution < -0.4 is 11.2 Å². The topological polar surface area (TPSA) is 79.5 Å². The van der Waals surface area contributed by atoms with E-state index in [2.05, 4.69) is 16.0 Å². The minimum atomic E-state index is 0.301. The number of nitrogen functional groups attached to an aromatic ring is 1. The molecule has 0 saturated heterocycles. The second kappa shape index (κ2) is 5.47. The molecular weight excluding hydrogens is 262 g/mol. The van der Waals surface area contributed by atoms with Crippen LogP contribution in [0.4, 0.5) is 5.82 Å². The first-order chi connectivity index (χ1) is 10.3. The van der Waals surface area contributed by atoms with Gasteiger partial charge in [-0.15, -0.1) is 0 Å². The third-order valence-electron chi connectivity index (χ3n) is 3.16. The van der Waals surface area contributed by atoms with Gasteiger partial charge in [-0.1, -0.05) is 36.4 Å². The minimum absolute atomic E-state index is 0.301. The molecule has 102 valence electrons. The third kappa shape index (κ3) is 2.47. The van der Waals surface area contributed by atoms with Crippen molar-refractivity contribution in [3.05, 3.63) is 71.3 Å². The van der Waals surface area contributed by atoms with Crippen LogP contribution in [0.15, 0.2) is 59.7 Å². The number of nitriles is 1. The summed E-state index contributed by atoms with van der Waals surface area (Å²) in [5.41, 5.74) is 8.45. The van der Waals surface area contributed by atoms with Gasteiger partial charge < -0.3 is 5.73 Å². The first-order valence-corrected chi connectivity index (χ1v) is 6.51. The number of hydrogen-bond acceptors (Lipinski definition) is 4. The lowest BCUT2D eigenvalue weighted by Gasteiger charge is -2.06. The first kappa shape index (κ1) is 12.9. The molecule has 0 saturated carbocycles. The van der Waals surface area contributed by atoms with E-state index in [0.29, 0.717) is 29.1 Å². The number of hydrogen-bond donors (Lipinski definition) is 1. The maximum atomic E-state index is 9.31. The van der Waals surface area contributed by atoms with Crippen molar-refractivity contribution >= 4 is 11.5 Å². The molecule has 2 heterocycles. The number of nitrogens with zero attached hydrogens (tertiary/aromatic N) is 4. The molecule has 0 aliphatic heterocycles. The smallest absolute Gasteiger partial charge is 0.171 e. The Hall–Kier alpha value is -3.13. The van der Waals surface area contributed by atoms with Gasteiger partial charge in [-0.2, -0.15) is 5.26 Å². The SMILES string of the molecule is N#Cc1c(N)n2ccccc2nc1=NCc1ccccc1. The van der Waals surface area contributed by atoms with Crippen LogP contribution in [-0.4, -0.2) is 9.38 Å². The Morgan fingerprint density at radius 1 is 1.14 bits per heavy atom. The minimum Gasteiger partial charge on any atom is -0.384 e. The van der Waals surface area contributed by atoms with Gasteiger partial charge in [-0.25, -0.2) is 4.98 Å². The zero-order chi connectivity index (χ0) is 14.7. The fraction of sp³-hybridized carbons (Fsp3) is 0.0625. The highest BCUT2D eigenvalue weighted by Crippen LogP contribution is 2.08. The Morgan fingerprint density at radius 3 is 2.67 bits per heavy atom. The molecular formula is C16H13N5. The van der Waals surface area contributed by atoms with E-state index in [1.807, 2.05) is 48.5 Å². The van der Waals surface area contributed by atoms with Crippen molar-refractivity contribution in [2.24, 2.45) is 4.99 Å². The largest absolute Gasteiger partial charge is 0.384 e. The van der Waals surface area contributed by atoms with Crippen molar-refractivity contribution in [1.82, 2.24) is 9.38 Å². The highest BCUT2D eigenvalue weighted by Gasteiger charge is 2.07. The van der Waals surface area contributed by atoms with Crippen LogP contribution in [0.3, 0.4) is 0 Å². The number of nitrogens with two attached hydrogens (primary N) is 1. The van der Waals surface area contributed by atoms with Crippen molar-refractivity contribution in [2.45, 2.75) is 6.54 Å². The normalized spacial score (nSPS) is 11.5. The molecule has 3 rings (SSSR count). The van der Waals surface area contributed by atoms with Crippen LogP contribution in [0, 0.1) is 11.3 Å². The van der Waals surface area contributed by atoms with E-state index in [9.17, 15) is 5.26 Å². The molecule has 0 unspecified atom stereocenters. The van der Waals surface area contributed by atoms with Gasteiger partial charge in [0.05, 0.1) is 6.54 Å². The standard InChI is InChI=1S/C16H13N5/c17-10-13-15(18)21-9-5-4-8-14(21)20-16(13)19-11-12-6-2-1-3-7-12/h1-9H,11,18H2. The predicted molar refractivity (Wildman–Crippen MR) is 80.0 cm³/mol. The number of aromatic nitrogens is 2. The van der Waals surface area contributed by atoms with E-state index in [4.69, 9.17) is 5.73 Å². The molecule has 3 aromatic rings. The summed E-state index contributed by atoms with van der Waals surface area (Å²) >= 11 is 0. The van der Waals surface area contributed by atoms with Gasteiger partial charge in [0.15, 0.2) is 5.49 Å². The molecule has 2 aromatic heterocycles. The lowest BCUT2D eigenvalue weighted by molar-refractivity contribution is 0.945. The van der Waals surface area contributed by atoms with Crippen molar-refractivity contribution in [3.63, 3.8) is 0 Å². The second-order valence-corrected chi connectivity index (χ2v) is 4.54. The van der Waals surface area contributed by atoms with E-state index in [-0.39, 0.29) is 0 Å². The summed E-state index contributed by atoms with van der Waals surface area (Å²) in [5.74, 6) is 0.356. The molecule has 0 aliphatic carbocycles. The Kier molecular flexibility index (Phi) is 3.36. The molecule has 21 heavy (non-hydrogen) atoms. The van der Waals surface area contributed by atoms with Crippen LogP contribution >= 0.6 is 0 Å². The zero-order valence-corrected chi connectivity index (χ0v) is 11.3. The molecule has 0 radical (unpaired) electrons. The maximum absolute atomic E-state index is 9.31. The number of rotatable bonds is 2. The first-order valence-electron chi connectivity index (χ1n) is 6.51. The summed E-state index contributed by atoms with van der Waals surface area (Å²) in [6.07, 6.45) is 1.78. The molecule has 0 spiro atoms. The molecule has 0 aliphatic rings. The van der Waals surface area contributed by atoms with Crippen molar-refractivity contribution in [1.29, 1.82) is 5.26 Å². The van der Waals surface area contributed by atoms with Gasteiger partial charge in [0.1, 0.15) is 23.1 Å². The summed E-state index contributed by atoms with van der Waals surface area (Å²) < 4.78 is 1.68. The molecule has 0 bridgehead atoms. The van der Waals surface area contributed by atoms with Gasteiger partial charge in [0.25, 0.3) is 0 Å². The van der Waals surface area contributed by atoms with Crippen LogP contribution in [0.5, 0.6) is 0 Å². The Bertz CT molecular complexity index is 888. The average molecular weight is 275 g/mol. The predicted octanol–water partition coefficient (Wildman–Crippen LogP) is 1.89. The third-order valence-corrected chi connectivity index (χ3v) is 3.16. The molecule has 5 nitrogen and oxygen atoms in total. The summed E-state index contributed by atoms with van der Waals surface area (Å²) in [7, 11) is 0. The van der Waals surface area contributed by atoms with Gasteiger partial charge in [-0.05, 0) is 17.7 Å². The van der Waals surface area contributed by atoms with Crippen molar-refractivity contribution in [3.8, 4) is 6.07 Å². The van der Waals surface area contributed by atoms with Gasteiger partial charge >= 0.3 is 0 Å². The van der Waals surface area contributed by atoms with E-state index in [1.54, 1.807) is 10.6 Å². The second-order valence-electron chi connectivity index (χ2n) is 4.54. The summed E-state index contributed by atoms with van der Waals surface area (Å²) in [4.78, 5) is 8.85. The number of fused-ring (bicyclic) bond motifs is 1. The zero-order valence-electron chi connectivity index (χ0n) is 11.3. The monoisotopic (exact) mass is 275 g/mol. The molecule has 0 fully saturated rings. The van der Waals surface area contributed by atoms with Crippen LogP contribution in [0.1, 0.15) is 11.1 Å². The van der Waals surface area contributed by atoms with E-state index in [1.165, 1.54) is 0 Å². The highest BCUT2D eigenvalue weighted by molar-refractivity contribution is 5.54. The number of anilines is 1. The fourth-order valence-corrected chi connectivity index (χ4v) is 2.10. The quantitative estimate of drug-likeness (QED) is 0.775. The van der Waals surface area contributed by atoms with Gasteiger partial charge in [0, 0.05) is 6.20 Å². The van der Waals surface area contributed by atoms with Gasteiger partial charge in [0.2, 0.25) is 0 Å². The van der Waals surface area contributed by atoms with Crippen LogP contribution in [-0.2, 0) is 6.54 Å². The lowest BCUT2D eigenvalue weighted by Crippen LogP contribution is -2.19. The van der Waals surface area contributed by atoms with Crippen molar-refractivity contribution in [2.75, 3.05) is 5.73 Å². The van der Waals surface area contributed by atoms with Crippen LogP contribution in [0.2, 0.25) is 0 Å². The van der Waals surface area contributed by atoms with Gasteiger partial charge in [-0.3, -0.25) is 9.39 Å². The molecule has 1 aromatic carbocycles. The molecule has 0 atom stereocenters. The van der Waals surface area contributed by atoms with E-state index in [0.717, 1.165) is 5.56 Å². The number of pyridine rings is 1. The fourth-order valence-electron chi connectivity index (χ4n) is 2.10. The molecule has 2 N–H and O–H groups in total. The van der Waals surface area contributed by atoms with Crippen LogP contribution in [0.25, 0.3) is 5.65 Å². The lowest BCUT2D eigenvalue weighted by atomic mass is 10.2. The summed E-state index contributed by atoms with van der Waals surface area (Å²) in [6, 6.07) is 17.5. The molecule has 0 amide bonds. The van der Waals surface area contributed by atoms with E-state index < -0.39 is 0 Å². The van der Waals surface area contributed by atoms with E-state index >= 15 is 0 Å². The summed E-state index contributed by atoms with van der Waals surface area (Å²) in [5, 5.41) is 9.31. The number of benzene rings is 1. The Morgan fingerprint density at radius 2 is 1.90 bits per heavy atom. The molecule has 5 heteroatoms. The van der Waals surface area contributed by atoms with Crippen molar-refractivity contribution < 1.29 is 0 Å².